The van der Waals surface area contributed by atoms with E-state index in [1.54, 1.807) is 0 Å². The molecule has 1 aliphatic heterocycles. The number of rotatable bonds is 4. The molecule has 0 saturated carbocycles. The fourth-order valence-electron chi connectivity index (χ4n) is 1.73. The Kier molecular flexibility index (Phi) is 4.94. The average molecular weight is 384 g/mol. The number of guanidine groups is 1. The molecule has 2 amide bonds. The Balaban J connectivity index is 2.18. The van der Waals surface area contributed by atoms with Crippen molar-refractivity contribution in [2.75, 3.05) is 0 Å². The van der Waals surface area contributed by atoms with Gasteiger partial charge < -0.3 is 17.2 Å². The average Bonchev–Trinajstić information content (AvgIpc) is 2.79. The molecule has 0 spiro atoms. The third-order valence-electron chi connectivity index (χ3n) is 2.79. The number of benzene rings is 1. The Bertz CT molecular complexity index is 889. The number of carbonyl (C=O) groups is 2. The van der Waals surface area contributed by atoms with Crippen LogP contribution < -0.4 is 22.6 Å². The first-order valence-corrected chi connectivity index (χ1v) is 8.27. The number of sulfonamides is 1. The highest BCUT2D eigenvalue weighted by Crippen LogP contribution is 2.19. The van der Waals surface area contributed by atoms with Gasteiger partial charge in [-0.3, -0.25) is 15.0 Å². The minimum absolute atomic E-state index is 0.172. The molecule has 1 atom stereocenters. The van der Waals surface area contributed by atoms with Crippen molar-refractivity contribution in [3.63, 3.8) is 0 Å². The van der Waals surface area contributed by atoms with E-state index in [1.807, 2.05) is 0 Å². The number of amides is 2. The highest BCUT2D eigenvalue weighted by atomic mass is 32.2. The smallest absolute Gasteiger partial charge is 0.285 e. The molecule has 2 rings (SSSR count). The van der Waals surface area contributed by atoms with Crippen LogP contribution in [0.4, 0.5) is 5.69 Å². The summed E-state index contributed by atoms with van der Waals surface area (Å²) in [5.41, 5.74) is 17.7. The zero-order valence-electron chi connectivity index (χ0n) is 12.4. The van der Waals surface area contributed by atoms with Crippen molar-refractivity contribution >= 4 is 50.8 Å². The number of hydrogen-bond donors (Lipinski definition) is 4. The molecule has 25 heavy (non-hydrogen) atoms. The van der Waals surface area contributed by atoms with Crippen LogP contribution in [0.3, 0.4) is 0 Å². The van der Waals surface area contributed by atoms with Crippen LogP contribution in [0.2, 0.25) is 0 Å². The zero-order valence-corrected chi connectivity index (χ0v) is 14.0. The molecule has 7 N–H and O–H groups in total. The van der Waals surface area contributed by atoms with E-state index < -0.39 is 33.8 Å². The van der Waals surface area contributed by atoms with Gasteiger partial charge in [0.1, 0.15) is 0 Å². The topological polar surface area (TPSA) is 199 Å². The lowest BCUT2D eigenvalue weighted by atomic mass is 10.3. The maximum absolute atomic E-state index is 11.9. The van der Waals surface area contributed by atoms with E-state index in [1.165, 1.54) is 24.3 Å². The summed E-state index contributed by atoms with van der Waals surface area (Å²) in [6.45, 7) is 0. The van der Waals surface area contributed by atoms with Crippen molar-refractivity contribution in [3.05, 3.63) is 24.3 Å². The Labute approximate surface area is 146 Å². The lowest BCUT2D eigenvalue weighted by Gasteiger charge is -2.10. The van der Waals surface area contributed by atoms with Gasteiger partial charge in [-0.2, -0.15) is 23.7 Å². The minimum atomic E-state index is -4.03. The lowest BCUT2D eigenvalue weighted by molar-refractivity contribution is -0.126. The summed E-state index contributed by atoms with van der Waals surface area (Å²) < 4.78 is 26.7. The van der Waals surface area contributed by atoms with Crippen molar-refractivity contribution in [1.29, 1.82) is 0 Å². The van der Waals surface area contributed by atoms with E-state index in [2.05, 4.69) is 32.3 Å². The molecule has 1 aromatic carbocycles. The number of carbonyl (C=O) groups excluding carboxylic acids is 2. The van der Waals surface area contributed by atoms with E-state index in [4.69, 9.17) is 17.2 Å². The van der Waals surface area contributed by atoms with Gasteiger partial charge in [0, 0.05) is 0 Å². The maximum Gasteiger partial charge on any atom is 0.285 e. The van der Waals surface area contributed by atoms with Gasteiger partial charge in [0.2, 0.25) is 12.0 Å². The number of hydrazine groups is 1. The number of nitrogens with one attached hydrogen (secondary N) is 1. The normalized spacial score (nSPS) is 17.6. The molecule has 14 heteroatoms. The number of hydrogen-bond acceptors (Lipinski definition) is 7. The second-order valence-electron chi connectivity index (χ2n) is 4.59. The van der Waals surface area contributed by atoms with Gasteiger partial charge in [-0.05, 0) is 36.5 Å². The zero-order chi connectivity index (χ0) is 18.8. The molecule has 12 nitrogen and oxygen atoms in total. The number of nitrogens with two attached hydrogens (primary N) is 3. The number of azo groups is 1. The van der Waals surface area contributed by atoms with Gasteiger partial charge in [-0.25, -0.2) is 0 Å². The Morgan fingerprint density at radius 1 is 1.16 bits per heavy atom. The van der Waals surface area contributed by atoms with Crippen LogP contribution in [-0.4, -0.2) is 42.4 Å². The van der Waals surface area contributed by atoms with Crippen molar-refractivity contribution < 1.29 is 18.0 Å². The summed E-state index contributed by atoms with van der Waals surface area (Å²) in [5, 5.41) is 7.70. The first-order chi connectivity index (χ1) is 11.6. The molecule has 1 aromatic rings. The second kappa shape index (κ2) is 6.78. The molecule has 0 aliphatic carbocycles. The summed E-state index contributed by atoms with van der Waals surface area (Å²) in [6.07, 6.45) is 0. The van der Waals surface area contributed by atoms with Gasteiger partial charge >= 0.3 is 0 Å². The second-order valence-corrected chi connectivity index (χ2v) is 6.61. The van der Waals surface area contributed by atoms with Crippen LogP contribution in [-0.2, 0) is 19.6 Å². The number of nitrogens with zero attached hydrogens (tertiary/aromatic N) is 4. The predicted octanol–water partition coefficient (Wildman–Crippen LogP) is -1.78. The largest absolute Gasteiger partial charge is 0.374 e. The Morgan fingerprint density at radius 3 is 2.24 bits per heavy atom. The van der Waals surface area contributed by atoms with E-state index in [9.17, 15) is 18.0 Å². The third-order valence-corrected chi connectivity index (χ3v) is 4.30. The van der Waals surface area contributed by atoms with Gasteiger partial charge in [-0.15, -0.1) is 4.40 Å². The molecule has 132 valence electrons. The van der Waals surface area contributed by atoms with E-state index in [0.717, 1.165) is 0 Å². The lowest BCUT2D eigenvalue weighted by Crippen LogP contribution is -2.44. The van der Waals surface area contributed by atoms with Crippen LogP contribution >= 0.6 is 12.2 Å². The molecule has 0 bridgehead atoms. The summed E-state index contributed by atoms with van der Waals surface area (Å²) in [7, 11) is -4.03. The van der Waals surface area contributed by atoms with Crippen molar-refractivity contribution in [2.24, 2.45) is 31.8 Å². The van der Waals surface area contributed by atoms with E-state index in [0.29, 0.717) is 5.01 Å². The Hall–Kier alpha value is -3.13. The summed E-state index contributed by atoms with van der Waals surface area (Å²) in [5.74, 6) is -2.11. The summed E-state index contributed by atoms with van der Waals surface area (Å²) in [4.78, 5) is 23.3. The van der Waals surface area contributed by atoms with Crippen LogP contribution in [0, 0.1) is 0 Å². The van der Waals surface area contributed by atoms with Crippen LogP contribution in [0.25, 0.3) is 0 Å². The monoisotopic (exact) mass is 384 g/mol. The first kappa shape index (κ1) is 18.2. The van der Waals surface area contributed by atoms with Gasteiger partial charge in [0.15, 0.2) is 5.11 Å². The van der Waals surface area contributed by atoms with Crippen molar-refractivity contribution in [2.45, 2.75) is 10.9 Å². The molecule has 1 heterocycles. The standard InChI is InChI=1S/C11H12N8O4S2/c12-10(13)18-25(22,23)6-3-1-5(2-4-6)15-16-7-8(20)17-19(9(7)21)11(14)24/h1-4,7H,(H2,14,24)(H,17,20)(H4,12,13,18). The van der Waals surface area contributed by atoms with Gasteiger partial charge in [0.05, 0.1) is 10.6 Å². The first-order valence-electron chi connectivity index (χ1n) is 6.42. The van der Waals surface area contributed by atoms with E-state index >= 15 is 0 Å². The molecular formula is C11H12N8O4S2. The quantitative estimate of drug-likeness (QED) is 0.153. The molecule has 0 radical (unpaired) electrons. The van der Waals surface area contributed by atoms with Gasteiger partial charge in [-0.1, -0.05) is 0 Å². The maximum atomic E-state index is 11.9. The van der Waals surface area contributed by atoms with Crippen LogP contribution in [0.15, 0.2) is 43.8 Å². The minimum Gasteiger partial charge on any atom is -0.374 e. The molecule has 0 aromatic heterocycles. The molecular weight excluding hydrogens is 372 g/mol. The highest BCUT2D eigenvalue weighted by Gasteiger charge is 2.41. The number of thiocarbonyl (C=S) groups is 1. The fourth-order valence-corrected chi connectivity index (χ4v) is 2.73. The molecule has 1 unspecified atom stereocenters. The molecule has 1 saturated heterocycles. The highest BCUT2D eigenvalue weighted by molar-refractivity contribution is 7.90. The van der Waals surface area contributed by atoms with Gasteiger partial charge in [0.25, 0.3) is 21.8 Å². The SMILES string of the molecule is NC(=S)N1NC(=O)C(N=Nc2ccc(S(=O)(=O)N=C(N)N)cc2)C1=O. The summed E-state index contributed by atoms with van der Waals surface area (Å²) >= 11 is 4.61. The van der Waals surface area contributed by atoms with Crippen molar-refractivity contribution in [3.8, 4) is 0 Å². The van der Waals surface area contributed by atoms with E-state index in [-0.39, 0.29) is 15.7 Å². The van der Waals surface area contributed by atoms with Crippen LogP contribution in [0.1, 0.15) is 0 Å². The summed E-state index contributed by atoms with van der Waals surface area (Å²) in [6, 6.07) is 3.52. The van der Waals surface area contributed by atoms with Crippen LogP contribution in [0.5, 0.6) is 0 Å². The molecule has 1 aliphatic rings. The van der Waals surface area contributed by atoms with Crippen molar-refractivity contribution in [1.82, 2.24) is 10.4 Å². The fraction of sp³-hybridized carbons (Fsp3) is 0.0909. The third kappa shape index (κ3) is 4.04. The molecule has 1 fully saturated rings. The Morgan fingerprint density at radius 2 is 1.76 bits per heavy atom. The predicted molar refractivity (Wildman–Crippen MR) is 89.5 cm³/mol.